The van der Waals surface area contributed by atoms with Gasteiger partial charge in [0.05, 0.1) is 0 Å². The van der Waals surface area contributed by atoms with Crippen molar-refractivity contribution in [3.05, 3.63) is 11.6 Å². The molecule has 2 fully saturated rings. The van der Waals surface area contributed by atoms with E-state index in [1.807, 2.05) is 18.7 Å². The van der Waals surface area contributed by atoms with Gasteiger partial charge in [-0.25, -0.2) is 0 Å². The number of hydrogen-bond donors (Lipinski definition) is 1. The van der Waals surface area contributed by atoms with Crippen LogP contribution in [0.5, 0.6) is 0 Å². The van der Waals surface area contributed by atoms with Gasteiger partial charge in [-0.15, -0.1) is 0 Å². The second-order valence-electron chi connectivity index (χ2n) is 5.50. The molecule has 0 aromatic carbocycles. The SMILES string of the molecule is CC(C)=CC(=O)N1CCC2(CC1)CNC(=O)C2. The van der Waals surface area contributed by atoms with Gasteiger partial charge in [-0.1, -0.05) is 5.57 Å². The van der Waals surface area contributed by atoms with E-state index < -0.39 is 0 Å². The van der Waals surface area contributed by atoms with Gasteiger partial charge >= 0.3 is 0 Å². The Balaban J connectivity index is 1.92. The molecule has 0 radical (unpaired) electrons. The number of piperidine rings is 1. The van der Waals surface area contributed by atoms with Crippen LogP contribution in [0.25, 0.3) is 0 Å². The maximum absolute atomic E-state index is 11.8. The Morgan fingerprint density at radius 3 is 2.47 bits per heavy atom. The molecule has 4 heteroatoms. The first-order chi connectivity index (χ1) is 8.01. The number of amides is 2. The van der Waals surface area contributed by atoms with Crippen molar-refractivity contribution in [2.24, 2.45) is 5.41 Å². The minimum absolute atomic E-state index is 0.108. The number of rotatable bonds is 1. The Kier molecular flexibility index (Phi) is 3.22. The average Bonchev–Trinajstić information content (AvgIpc) is 2.60. The molecule has 0 saturated carbocycles. The van der Waals surface area contributed by atoms with Gasteiger partial charge in [0.1, 0.15) is 0 Å². The summed E-state index contributed by atoms with van der Waals surface area (Å²) in [6.07, 6.45) is 4.20. The Bertz CT molecular complexity index is 362. The average molecular weight is 236 g/mol. The Morgan fingerprint density at radius 1 is 1.35 bits per heavy atom. The van der Waals surface area contributed by atoms with Gasteiger partial charge in [-0.2, -0.15) is 0 Å². The quantitative estimate of drug-likeness (QED) is 0.693. The summed E-state index contributed by atoms with van der Waals surface area (Å²) in [6, 6.07) is 0. The molecule has 0 aromatic rings. The summed E-state index contributed by atoms with van der Waals surface area (Å²) in [6.45, 7) is 6.21. The number of hydrogen-bond acceptors (Lipinski definition) is 2. The monoisotopic (exact) mass is 236 g/mol. The standard InChI is InChI=1S/C13H20N2O2/c1-10(2)7-12(17)15-5-3-13(4-6-15)8-11(16)14-9-13/h7H,3-6,8-9H2,1-2H3,(H,14,16). The predicted molar refractivity (Wildman–Crippen MR) is 65.3 cm³/mol. The molecule has 0 bridgehead atoms. The molecule has 0 aromatic heterocycles. The van der Waals surface area contributed by atoms with Crippen molar-refractivity contribution in [2.45, 2.75) is 33.1 Å². The first kappa shape index (κ1) is 12.1. The van der Waals surface area contributed by atoms with Crippen molar-refractivity contribution in [3.8, 4) is 0 Å². The summed E-state index contributed by atoms with van der Waals surface area (Å²) in [5, 5.41) is 2.90. The normalized spacial score (nSPS) is 22.5. The van der Waals surface area contributed by atoms with E-state index in [1.165, 1.54) is 0 Å². The number of nitrogens with one attached hydrogen (secondary N) is 1. The van der Waals surface area contributed by atoms with E-state index in [1.54, 1.807) is 6.08 Å². The van der Waals surface area contributed by atoms with Crippen LogP contribution in [0.15, 0.2) is 11.6 Å². The molecule has 4 nitrogen and oxygen atoms in total. The first-order valence-corrected chi connectivity index (χ1v) is 6.21. The van der Waals surface area contributed by atoms with Gasteiger partial charge in [-0.3, -0.25) is 9.59 Å². The van der Waals surface area contributed by atoms with E-state index in [-0.39, 0.29) is 17.2 Å². The molecule has 0 aliphatic carbocycles. The van der Waals surface area contributed by atoms with Crippen LogP contribution in [0.1, 0.15) is 33.1 Å². The smallest absolute Gasteiger partial charge is 0.246 e. The van der Waals surface area contributed by atoms with Crippen molar-refractivity contribution >= 4 is 11.8 Å². The molecule has 0 unspecified atom stereocenters. The number of allylic oxidation sites excluding steroid dienone is 1. The highest BCUT2D eigenvalue weighted by molar-refractivity contribution is 5.88. The number of carbonyl (C=O) groups excluding carboxylic acids is 2. The molecule has 2 aliphatic heterocycles. The minimum atomic E-state index is 0.108. The van der Waals surface area contributed by atoms with E-state index >= 15 is 0 Å². The summed E-state index contributed by atoms with van der Waals surface area (Å²) in [5.41, 5.74) is 1.16. The lowest BCUT2D eigenvalue weighted by Crippen LogP contribution is -2.43. The Morgan fingerprint density at radius 2 is 2.00 bits per heavy atom. The van der Waals surface area contributed by atoms with E-state index in [9.17, 15) is 9.59 Å². The van der Waals surface area contributed by atoms with Crippen molar-refractivity contribution in [1.82, 2.24) is 10.2 Å². The lowest BCUT2D eigenvalue weighted by Gasteiger charge is -2.37. The molecule has 0 atom stereocenters. The Labute approximate surface area is 102 Å². The third-order valence-corrected chi connectivity index (χ3v) is 3.74. The van der Waals surface area contributed by atoms with E-state index in [2.05, 4.69) is 5.32 Å². The first-order valence-electron chi connectivity index (χ1n) is 6.21. The maximum Gasteiger partial charge on any atom is 0.246 e. The van der Waals surface area contributed by atoms with Crippen LogP contribution in [0.3, 0.4) is 0 Å². The lowest BCUT2D eigenvalue weighted by molar-refractivity contribution is -0.128. The Hall–Kier alpha value is -1.32. The van der Waals surface area contributed by atoms with Crippen LogP contribution in [0, 0.1) is 5.41 Å². The largest absolute Gasteiger partial charge is 0.356 e. The molecule has 2 rings (SSSR count). The zero-order valence-corrected chi connectivity index (χ0v) is 10.6. The van der Waals surface area contributed by atoms with Gasteiger partial charge < -0.3 is 10.2 Å². The number of carbonyl (C=O) groups is 2. The number of likely N-dealkylation sites (tertiary alicyclic amines) is 1. The third kappa shape index (κ3) is 2.68. The fourth-order valence-corrected chi connectivity index (χ4v) is 2.64. The predicted octanol–water partition coefficient (Wildman–Crippen LogP) is 1.08. The molecule has 94 valence electrons. The maximum atomic E-state index is 11.8. The van der Waals surface area contributed by atoms with Crippen LogP contribution in [0.2, 0.25) is 0 Å². The molecular formula is C13H20N2O2. The fraction of sp³-hybridized carbons (Fsp3) is 0.692. The van der Waals surface area contributed by atoms with E-state index in [0.717, 1.165) is 38.0 Å². The topological polar surface area (TPSA) is 49.4 Å². The van der Waals surface area contributed by atoms with Crippen molar-refractivity contribution in [3.63, 3.8) is 0 Å². The van der Waals surface area contributed by atoms with Crippen LogP contribution in [-0.2, 0) is 9.59 Å². The highest BCUT2D eigenvalue weighted by Gasteiger charge is 2.41. The number of nitrogens with zero attached hydrogens (tertiary/aromatic N) is 1. The second-order valence-corrected chi connectivity index (χ2v) is 5.50. The summed E-state index contributed by atoms with van der Waals surface area (Å²) in [5.74, 6) is 0.270. The van der Waals surface area contributed by atoms with Crippen LogP contribution in [0.4, 0.5) is 0 Å². The van der Waals surface area contributed by atoms with E-state index in [0.29, 0.717) is 6.42 Å². The van der Waals surface area contributed by atoms with Gasteiger partial charge in [0, 0.05) is 32.1 Å². The summed E-state index contributed by atoms with van der Waals surface area (Å²) >= 11 is 0. The lowest BCUT2D eigenvalue weighted by atomic mass is 9.77. The van der Waals surface area contributed by atoms with Crippen LogP contribution in [-0.4, -0.2) is 36.3 Å². The van der Waals surface area contributed by atoms with E-state index in [4.69, 9.17) is 0 Å². The van der Waals surface area contributed by atoms with Gasteiger partial charge in [0.15, 0.2) is 0 Å². The highest BCUT2D eigenvalue weighted by atomic mass is 16.2. The second kappa shape index (κ2) is 4.51. The van der Waals surface area contributed by atoms with Gasteiger partial charge in [0.25, 0.3) is 0 Å². The molecule has 2 heterocycles. The van der Waals surface area contributed by atoms with Crippen molar-refractivity contribution in [2.75, 3.05) is 19.6 Å². The molecule has 1 spiro atoms. The summed E-state index contributed by atoms with van der Waals surface area (Å²) in [7, 11) is 0. The summed E-state index contributed by atoms with van der Waals surface area (Å²) in [4.78, 5) is 25.0. The molecule has 2 amide bonds. The molecule has 17 heavy (non-hydrogen) atoms. The van der Waals surface area contributed by atoms with Crippen LogP contribution < -0.4 is 5.32 Å². The van der Waals surface area contributed by atoms with Crippen molar-refractivity contribution < 1.29 is 9.59 Å². The minimum Gasteiger partial charge on any atom is -0.356 e. The third-order valence-electron chi connectivity index (χ3n) is 3.74. The molecular weight excluding hydrogens is 216 g/mol. The highest BCUT2D eigenvalue weighted by Crippen LogP contribution is 2.37. The summed E-state index contributed by atoms with van der Waals surface area (Å²) < 4.78 is 0. The zero-order valence-electron chi connectivity index (χ0n) is 10.6. The van der Waals surface area contributed by atoms with Gasteiger partial charge in [-0.05, 0) is 32.1 Å². The fourth-order valence-electron chi connectivity index (χ4n) is 2.64. The zero-order chi connectivity index (χ0) is 12.5. The van der Waals surface area contributed by atoms with Crippen molar-refractivity contribution in [1.29, 1.82) is 0 Å². The van der Waals surface area contributed by atoms with Crippen LogP contribution >= 0.6 is 0 Å². The molecule has 2 saturated heterocycles. The molecule has 2 aliphatic rings. The van der Waals surface area contributed by atoms with Gasteiger partial charge in [0.2, 0.25) is 11.8 Å². The molecule has 1 N–H and O–H groups in total.